The molecule has 0 unspecified atom stereocenters. The van der Waals surface area contributed by atoms with E-state index in [1.165, 1.54) is 30.2 Å². The molecule has 1 aliphatic rings. The predicted octanol–water partition coefficient (Wildman–Crippen LogP) is 4.46. The molecular weight excluding hydrogens is 472 g/mol. The van der Waals surface area contributed by atoms with Crippen LogP contribution in [0.4, 0.5) is 5.69 Å². The largest absolute Gasteiger partial charge is 0.495 e. The maximum Gasteiger partial charge on any atom is 0.261 e. The SMILES string of the molecule is COc1ccc(Cl)cc1NC(=O)c1ccc2c(c1)C(=O)N(CCc1ccc(OC)c(OC)c1)C2=O. The fraction of sp³-hybridized carbons (Fsp3) is 0.192. The van der Waals surface area contributed by atoms with E-state index in [1.807, 2.05) is 12.1 Å². The summed E-state index contributed by atoms with van der Waals surface area (Å²) in [7, 11) is 4.58. The van der Waals surface area contributed by atoms with Gasteiger partial charge in [0.05, 0.1) is 38.1 Å². The van der Waals surface area contributed by atoms with E-state index in [0.717, 1.165) is 5.56 Å². The Morgan fingerprint density at radius 3 is 2.23 bits per heavy atom. The molecule has 1 aliphatic heterocycles. The van der Waals surface area contributed by atoms with Crippen molar-refractivity contribution in [3.63, 3.8) is 0 Å². The van der Waals surface area contributed by atoms with Crippen molar-refractivity contribution in [1.29, 1.82) is 0 Å². The number of fused-ring (bicyclic) bond motifs is 1. The molecule has 0 aliphatic carbocycles. The lowest BCUT2D eigenvalue weighted by Crippen LogP contribution is -2.31. The van der Waals surface area contributed by atoms with Crippen LogP contribution in [0.2, 0.25) is 5.02 Å². The summed E-state index contributed by atoms with van der Waals surface area (Å²) in [6.07, 6.45) is 0.438. The second-order valence-corrected chi connectivity index (χ2v) is 8.20. The molecule has 0 saturated heterocycles. The standard InChI is InChI=1S/C26H23ClN2O6/c1-33-21-9-6-17(27)14-20(21)28-24(30)16-5-7-18-19(13-16)26(32)29(25(18)31)11-10-15-4-8-22(34-2)23(12-15)35-3/h4-9,12-14H,10-11H2,1-3H3,(H,28,30). The van der Waals surface area contributed by atoms with Crippen molar-refractivity contribution < 1.29 is 28.6 Å². The number of anilines is 1. The van der Waals surface area contributed by atoms with Crippen molar-refractivity contribution in [2.45, 2.75) is 6.42 Å². The quantitative estimate of drug-likeness (QED) is 0.465. The Balaban J connectivity index is 1.50. The molecule has 1 N–H and O–H groups in total. The fourth-order valence-electron chi connectivity index (χ4n) is 3.88. The van der Waals surface area contributed by atoms with Crippen LogP contribution in [0, 0.1) is 0 Å². The number of hydrogen-bond donors (Lipinski definition) is 1. The summed E-state index contributed by atoms with van der Waals surface area (Å²) in [6, 6.07) is 14.7. The maximum atomic E-state index is 13.0. The van der Waals surface area contributed by atoms with E-state index in [0.29, 0.717) is 34.4 Å². The van der Waals surface area contributed by atoms with Crippen molar-refractivity contribution in [3.05, 3.63) is 81.9 Å². The van der Waals surface area contributed by atoms with Gasteiger partial charge in [0.25, 0.3) is 17.7 Å². The van der Waals surface area contributed by atoms with E-state index in [1.54, 1.807) is 38.5 Å². The first-order valence-electron chi connectivity index (χ1n) is 10.7. The third kappa shape index (κ3) is 4.79. The summed E-state index contributed by atoms with van der Waals surface area (Å²) in [4.78, 5) is 39.9. The van der Waals surface area contributed by atoms with E-state index >= 15 is 0 Å². The normalized spacial score (nSPS) is 12.4. The first-order valence-corrected chi connectivity index (χ1v) is 11.1. The summed E-state index contributed by atoms with van der Waals surface area (Å²) < 4.78 is 15.8. The third-order valence-corrected chi connectivity index (χ3v) is 5.95. The van der Waals surface area contributed by atoms with Crippen molar-refractivity contribution in [2.75, 3.05) is 33.2 Å². The van der Waals surface area contributed by atoms with E-state index < -0.39 is 17.7 Å². The number of rotatable bonds is 8. The Labute approximate surface area is 207 Å². The molecule has 0 aromatic heterocycles. The van der Waals surface area contributed by atoms with E-state index in [-0.39, 0.29) is 23.2 Å². The van der Waals surface area contributed by atoms with Crippen LogP contribution in [0.25, 0.3) is 0 Å². The Morgan fingerprint density at radius 2 is 1.51 bits per heavy atom. The highest BCUT2D eigenvalue weighted by Gasteiger charge is 2.35. The maximum absolute atomic E-state index is 13.0. The van der Waals surface area contributed by atoms with Crippen LogP contribution in [-0.2, 0) is 6.42 Å². The van der Waals surface area contributed by atoms with Gasteiger partial charge in [-0.3, -0.25) is 19.3 Å². The smallest absolute Gasteiger partial charge is 0.261 e. The van der Waals surface area contributed by atoms with Crippen LogP contribution in [-0.4, -0.2) is 50.5 Å². The number of methoxy groups -OCH3 is 3. The van der Waals surface area contributed by atoms with Crippen molar-refractivity contribution in [1.82, 2.24) is 4.90 Å². The molecule has 9 heteroatoms. The van der Waals surface area contributed by atoms with Gasteiger partial charge in [0.15, 0.2) is 11.5 Å². The summed E-state index contributed by atoms with van der Waals surface area (Å²) in [6.45, 7) is 0.184. The van der Waals surface area contributed by atoms with Crippen molar-refractivity contribution >= 4 is 35.0 Å². The number of halogens is 1. The molecule has 3 amide bonds. The monoisotopic (exact) mass is 494 g/mol. The lowest BCUT2D eigenvalue weighted by molar-refractivity contribution is 0.0656. The first kappa shape index (κ1) is 24.1. The zero-order valence-electron chi connectivity index (χ0n) is 19.4. The van der Waals surface area contributed by atoms with Crippen molar-refractivity contribution in [3.8, 4) is 17.2 Å². The number of nitrogens with zero attached hydrogens (tertiary/aromatic N) is 1. The molecule has 0 fully saturated rings. The molecule has 0 bridgehead atoms. The van der Waals surface area contributed by atoms with Crippen LogP contribution in [0.3, 0.4) is 0 Å². The zero-order chi connectivity index (χ0) is 25.1. The number of benzene rings is 3. The zero-order valence-corrected chi connectivity index (χ0v) is 20.1. The predicted molar refractivity (Wildman–Crippen MR) is 131 cm³/mol. The molecule has 0 saturated carbocycles. The molecule has 0 radical (unpaired) electrons. The van der Waals surface area contributed by atoms with Crippen LogP contribution in [0.15, 0.2) is 54.6 Å². The topological polar surface area (TPSA) is 94.2 Å². The van der Waals surface area contributed by atoms with Crippen LogP contribution < -0.4 is 19.5 Å². The summed E-state index contributed by atoms with van der Waals surface area (Å²) in [5, 5.41) is 3.16. The second kappa shape index (κ2) is 10.1. The van der Waals surface area contributed by atoms with Gasteiger partial charge >= 0.3 is 0 Å². The minimum absolute atomic E-state index is 0.184. The Bertz CT molecular complexity index is 1320. The summed E-state index contributed by atoms with van der Waals surface area (Å²) in [5.41, 5.74) is 1.96. The lowest BCUT2D eigenvalue weighted by Gasteiger charge is -2.14. The van der Waals surface area contributed by atoms with Crippen LogP contribution in [0.1, 0.15) is 36.6 Å². The van der Waals surface area contributed by atoms with Crippen molar-refractivity contribution in [2.24, 2.45) is 0 Å². The van der Waals surface area contributed by atoms with E-state index in [9.17, 15) is 14.4 Å². The third-order valence-electron chi connectivity index (χ3n) is 5.71. The highest BCUT2D eigenvalue weighted by molar-refractivity contribution is 6.31. The highest BCUT2D eigenvalue weighted by atomic mass is 35.5. The molecule has 4 rings (SSSR count). The number of imide groups is 1. The van der Waals surface area contributed by atoms with Gasteiger partial charge in [-0.1, -0.05) is 17.7 Å². The van der Waals surface area contributed by atoms with Gasteiger partial charge in [-0.05, 0) is 60.5 Å². The van der Waals surface area contributed by atoms with Gasteiger partial charge < -0.3 is 19.5 Å². The molecule has 0 spiro atoms. The lowest BCUT2D eigenvalue weighted by atomic mass is 10.1. The van der Waals surface area contributed by atoms with Gasteiger partial charge in [-0.2, -0.15) is 0 Å². The molecule has 3 aromatic carbocycles. The number of carbonyl (C=O) groups is 3. The number of ether oxygens (including phenoxy) is 3. The van der Waals surface area contributed by atoms with E-state index in [4.69, 9.17) is 25.8 Å². The summed E-state index contributed by atoms with van der Waals surface area (Å²) >= 11 is 6.03. The van der Waals surface area contributed by atoms with E-state index in [2.05, 4.69) is 5.32 Å². The number of carbonyl (C=O) groups excluding carboxylic acids is 3. The minimum Gasteiger partial charge on any atom is -0.495 e. The molecule has 1 heterocycles. The number of nitrogens with one attached hydrogen (secondary N) is 1. The highest BCUT2D eigenvalue weighted by Crippen LogP contribution is 2.30. The molecular formula is C26H23ClN2O6. The van der Waals surface area contributed by atoms with Gasteiger partial charge in [-0.25, -0.2) is 0 Å². The number of hydrogen-bond acceptors (Lipinski definition) is 6. The van der Waals surface area contributed by atoms with Gasteiger partial charge in [-0.15, -0.1) is 0 Å². The Morgan fingerprint density at radius 1 is 0.829 bits per heavy atom. The average molecular weight is 495 g/mol. The van der Waals surface area contributed by atoms with Crippen LogP contribution >= 0.6 is 11.6 Å². The summed E-state index contributed by atoms with van der Waals surface area (Å²) in [5.74, 6) is 0.306. The van der Waals surface area contributed by atoms with Crippen LogP contribution in [0.5, 0.6) is 17.2 Å². The fourth-order valence-corrected chi connectivity index (χ4v) is 4.06. The minimum atomic E-state index is -0.461. The second-order valence-electron chi connectivity index (χ2n) is 7.76. The molecule has 3 aromatic rings. The average Bonchev–Trinajstić information content (AvgIpc) is 3.11. The molecule has 35 heavy (non-hydrogen) atoms. The van der Waals surface area contributed by atoms with Gasteiger partial charge in [0.1, 0.15) is 5.75 Å². The molecule has 180 valence electrons. The molecule has 8 nitrogen and oxygen atoms in total. The first-order chi connectivity index (χ1) is 16.9. The van der Waals surface area contributed by atoms with Gasteiger partial charge in [0, 0.05) is 17.1 Å². The molecule has 0 atom stereocenters. The number of amides is 3. The van der Waals surface area contributed by atoms with Gasteiger partial charge in [0.2, 0.25) is 0 Å². The Kier molecular flexibility index (Phi) is 6.93. The Hall–Kier alpha value is -4.04.